The van der Waals surface area contributed by atoms with E-state index in [1.54, 1.807) is 19.1 Å². The first-order valence-electron chi connectivity index (χ1n) is 7.35. The van der Waals surface area contributed by atoms with Crippen LogP contribution in [-0.4, -0.2) is 33.8 Å². The number of benzene rings is 1. The van der Waals surface area contributed by atoms with Crippen LogP contribution in [0, 0.1) is 5.92 Å². The monoisotopic (exact) mass is 296 g/mol. The molecule has 0 amide bonds. The van der Waals surface area contributed by atoms with Gasteiger partial charge in [0.2, 0.25) is 0 Å². The van der Waals surface area contributed by atoms with Gasteiger partial charge in [0, 0.05) is 13.1 Å². The lowest BCUT2D eigenvalue weighted by Gasteiger charge is -2.35. The molecule has 0 saturated carbocycles. The highest BCUT2D eigenvalue weighted by Crippen LogP contribution is 2.30. The normalized spacial score (nSPS) is 20.1. The van der Waals surface area contributed by atoms with Gasteiger partial charge in [-0.3, -0.25) is 0 Å². The number of nitrogens with two attached hydrogens (primary N) is 1. The zero-order valence-corrected chi connectivity index (χ0v) is 12.9. The largest absolute Gasteiger partial charge is 0.370 e. The summed E-state index contributed by atoms with van der Waals surface area (Å²) in [7, 11) is -3.17. The Morgan fingerprint density at radius 2 is 2.10 bits per heavy atom. The van der Waals surface area contributed by atoms with Crippen LogP contribution in [-0.2, 0) is 9.84 Å². The lowest BCUT2D eigenvalue weighted by molar-refractivity contribution is 0.395. The molecule has 5 heteroatoms. The van der Waals surface area contributed by atoms with E-state index in [0.717, 1.165) is 31.6 Å². The second kappa shape index (κ2) is 6.59. The molecule has 1 aliphatic rings. The molecule has 0 aromatic heterocycles. The number of hydrogen-bond donors (Lipinski definition) is 1. The molecule has 2 N–H and O–H groups in total. The number of anilines is 1. The predicted molar refractivity (Wildman–Crippen MR) is 82.8 cm³/mol. The van der Waals surface area contributed by atoms with E-state index >= 15 is 0 Å². The van der Waals surface area contributed by atoms with Gasteiger partial charge in [-0.05, 0) is 43.9 Å². The molecular weight excluding hydrogens is 272 g/mol. The smallest absolute Gasteiger partial charge is 0.180 e. The first-order valence-corrected chi connectivity index (χ1v) is 9.00. The van der Waals surface area contributed by atoms with Crippen LogP contribution < -0.4 is 10.6 Å². The van der Waals surface area contributed by atoms with Crippen LogP contribution in [0.3, 0.4) is 0 Å². The third kappa shape index (κ3) is 3.33. The summed E-state index contributed by atoms with van der Waals surface area (Å²) in [6.45, 7) is 4.23. The van der Waals surface area contributed by atoms with E-state index in [1.807, 2.05) is 12.1 Å². The van der Waals surface area contributed by atoms with Crippen LogP contribution in [0.25, 0.3) is 0 Å². The van der Waals surface area contributed by atoms with Gasteiger partial charge in [-0.2, -0.15) is 0 Å². The van der Waals surface area contributed by atoms with Gasteiger partial charge in [-0.1, -0.05) is 19.1 Å². The number of hydrogen-bond acceptors (Lipinski definition) is 4. The Morgan fingerprint density at radius 3 is 2.80 bits per heavy atom. The highest BCUT2D eigenvalue weighted by atomic mass is 32.2. The molecule has 1 saturated heterocycles. The van der Waals surface area contributed by atoms with Crippen LogP contribution >= 0.6 is 0 Å². The summed E-state index contributed by atoms with van der Waals surface area (Å²) in [5, 5.41) is 0. The molecule has 1 heterocycles. The molecule has 1 aromatic rings. The second-order valence-corrected chi connectivity index (χ2v) is 7.65. The van der Waals surface area contributed by atoms with Crippen LogP contribution in [0.5, 0.6) is 0 Å². The Labute approximate surface area is 121 Å². The SMILES string of the molecule is CCS(=O)(=O)c1ccccc1N1CCCC(CCN)C1. The number of sulfone groups is 1. The van der Waals surface area contributed by atoms with Crippen molar-refractivity contribution in [2.75, 3.05) is 30.3 Å². The standard InChI is InChI=1S/C15H24N2O2S/c1-2-20(18,19)15-8-4-3-7-14(15)17-11-5-6-13(12-17)9-10-16/h3-4,7-8,13H,2,5-6,9-12,16H2,1H3. The first kappa shape index (κ1) is 15.3. The molecule has 2 rings (SSSR count). The van der Waals surface area contributed by atoms with Crippen molar-refractivity contribution >= 4 is 15.5 Å². The van der Waals surface area contributed by atoms with E-state index in [2.05, 4.69) is 4.90 Å². The molecule has 1 fully saturated rings. The highest BCUT2D eigenvalue weighted by molar-refractivity contribution is 7.91. The van der Waals surface area contributed by atoms with Crippen molar-refractivity contribution in [1.29, 1.82) is 0 Å². The summed E-state index contributed by atoms with van der Waals surface area (Å²) < 4.78 is 24.4. The maximum Gasteiger partial charge on any atom is 0.180 e. The van der Waals surface area contributed by atoms with Crippen LogP contribution in [0.4, 0.5) is 5.69 Å². The summed E-state index contributed by atoms with van der Waals surface area (Å²) in [5.41, 5.74) is 6.51. The highest BCUT2D eigenvalue weighted by Gasteiger charge is 2.24. The molecule has 0 spiro atoms. The van der Waals surface area contributed by atoms with Gasteiger partial charge >= 0.3 is 0 Å². The Balaban J connectivity index is 2.29. The van der Waals surface area contributed by atoms with Gasteiger partial charge in [-0.15, -0.1) is 0 Å². The average Bonchev–Trinajstić information content (AvgIpc) is 2.48. The minimum atomic E-state index is -3.17. The van der Waals surface area contributed by atoms with Crippen molar-refractivity contribution in [3.63, 3.8) is 0 Å². The van der Waals surface area contributed by atoms with Crippen molar-refractivity contribution in [2.24, 2.45) is 11.7 Å². The second-order valence-electron chi connectivity index (χ2n) is 5.40. The predicted octanol–water partition coefficient (Wildman–Crippen LogP) is 2.05. The molecule has 0 bridgehead atoms. The fourth-order valence-corrected chi connectivity index (χ4v) is 4.00. The summed E-state index contributed by atoms with van der Waals surface area (Å²) >= 11 is 0. The molecule has 0 aliphatic carbocycles. The minimum absolute atomic E-state index is 0.143. The Kier molecular flexibility index (Phi) is 5.05. The van der Waals surface area contributed by atoms with E-state index < -0.39 is 9.84 Å². The first-order chi connectivity index (χ1) is 9.58. The third-order valence-corrected chi connectivity index (χ3v) is 5.79. The molecule has 1 unspecified atom stereocenters. The lowest BCUT2D eigenvalue weighted by Crippen LogP contribution is -2.37. The molecule has 112 valence electrons. The Hall–Kier alpha value is -1.07. The van der Waals surface area contributed by atoms with E-state index in [1.165, 1.54) is 6.42 Å². The molecule has 0 radical (unpaired) electrons. The van der Waals surface area contributed by atoms with Crippen molar-refractivity contribution < 1.29 is 8.42 Å². The van der Waals surface area contributed by atoms with Crippen molar-refractivity contribution in [3.05, 3.63) is 24.3 Å². The lowest BCUT2D eigenvalue weighted by atomic mass is 9.94. The molecule has 1 aliphatic heterocycles. The zero-order valence-electron chi connectivity index (χ0n) is 12.1. The molecular formula is C15H24N2O2S. The number of piperidine rings is 1. The molecule has 4 nitrogen and oxygen atoms in total. The molecule has 20 heavy (non-hydrogen) atoms. The maximum absolute atomic E-state index is 12.2. The van der Waals surface area contributed by atoms with Gasteiger partial charge in [0.05, 0.1) is 16.3 Å². The molecule has 1 aromatic carbocycles. The van der Waals surface area contributed by atoms with Gasteiger partial charge in [0.1, 0.15) is 0 Å². The fraction of sp³-hybridized carbons (Fsp3) is 0.600. The van der Waals surface area contributed by atoms with Crippen molar-refractivity contribution in [2.45, 2.75) is 31.1 Å². The summed E-state index contributed by atoms with van der Waals surface area (Å²) in [6, 6.07) is 7.36. The fourth-order valence-electron chi connectivity index (χ4n) is 2.89. The minimum Gasteiger partial charge on any atom is -0.370 e. The maximum atomic E-state index is 12.2. The van der Waals surface area contributed by atoms with Gasteiger partial charge in [-0.25, -0.2) is 8.42 Å². The summed E-state index contributed by atoms with van der Waals surface area (Å²) in [4.78, 5) is 2.68. The van der Waals surface area contributed by atoms with E-state index in [9.17, 15) is 8.42 Å². The van der Waals surface area contributed by atoms with Crippen LogP contribution in [0.2, 0.25) is 0 Å². The quantitative estimate of drug-likeness (QED) is 0.903. The van der Waals surface area contributed by atoms with E-state index in [4.69, 9.17) is 5.73 Å². The van der Waals surface area contributed by atoms with E-state index in [0.29, 0.717) is 17.4 Å². The van der Waals surface area contributed by atoms with Gasteiger partial charge < -0.3 is 10.6 Å². The topological polar surface area (TPSA) is 63.4 Å². The summed E-state index contributed by atoms with van der Waals surface area (Å²) in [6.07, 6.45) is 3.31. The van der Waals surface area contributed by atoms with E-state index in [-0.39, 0.29) is 5.75 Å². The summed E-state index contributed by atoms with van der Waals surface area (Å²) in [5.74, 6) is 0.718. The zero-order chi connectivity index (χ0) is 14.6. The van der Waals surface area contributed by atoms with Crippen molar-refractivity contribution in [3.8, 4) is 0 Å². The third-order valence-electron chi connectivity index (χ3n) is 4.01. The van der Waals surface area contributed by atoms with Gasteiger partial charge in [0.15, 0.2) is 9.84 Å². The number of para-hydroxylation sites is 1. The number of rotatable bonds is 5. The average molecular weight is 296 g/mol. The van der Waals surface area contributed by atoms with Crippen molar-refractivity contribution in [1.82, 2.24) is 0 Å². The van der Waals surface area contributed by atoms with Crippen LogP contribution in [0.15, 0.2) is 29.2 Å². The Bertz CT molecular complexity index is 541. The molecule has 1 atom stereocenters. The van der Waals surface area contributed by atoms with Crippen LogP contribution in [0.1, 0.15) is 26.2 Å². The Morgan fingerprint density at radius 1 is 1.35 bits per heavy atom. The van der Waals surface area contributed by atoms with Gasteiger partial charge in [0.25, 0.3) is 0 Å². The number of nitrogens with zero attached hydrogens (tertiary/aromatic N) is 1.